The molecule has 2 heterocycles. The highest BCUT2D eigenvalue weighted by Gasteiger charge is 2.33. The van der Waals surface area contributed by atoms with Crippen LogP contribution in [0.4, 0.5) is 5.69 Å². The van der Waals surface area contributed by atoms with Gasteiger partial charge in [-0.05, 0) is 44.4 Å². The summed E-state index contributed by atoms with van der Waals surface area (Å²) in [6.07, 6.45) is 3.84. The third kappa shape index (κ3) is 2.77. The Morgan fingerprint density at radius 1 is 1.26 bits per heavy atom. The van der Waals surface area contributed by atoms with Gasteiger partial charge in [-0.3, -0.25) is 9.80 Å². The molecule has 2 atom stereocenters. The Morgan fingerprint density at radius 3 is 2.95 bits per heavy atom. The highest BCUT2D eigenvalue weighted by atomic mass is 15.3. The molecule has 0 spiro atoms. The zero-order chi connectivity index (χ0) is 13.2. The number of hydrogen-bond acceptors (Lipinski definition) is 3. The maximum absolute atomic E-state index is 6.03. The van der Waals surface area contributed by atoms with Gasteiger partial charge in [-0.15, -0.1) is 0 Å². The lowest BCUT2D eigenvalue weighted by Gasteiger charge is -2.42. The van der Waals surface area contributed by atoms with Crippen LogP contribution in [-0.4, -0.2) is 48.1 Å². The van der Waals surface area contributed by atoms with Gasteiger partial charge in [0.05, 0.1) is 0 Å². The molecule has 3 rings (SSSR count). The van der Waals surface area contributed by atoms with Crippen molar-refractivity contribution in [1.29, 1.82) is 0 Å². The van der Waals surface area contributed by atoms with Gasteiger partial charge in [-0.2, -0.15) is 0 Å². The van der Waals surface area contributed by atoms with Crippen LogP contribution in [0.1, 0.15) is 25.3 Å². The Balaban J connectivity index is 1.59. The molecule has 2 fully saturated rings. The van der Waals surface area contributed by atoms with E-state index in [1.165, 1.54) is 38.0 Å². The molecule has 0 aromatic heterocycles. The predicted molar refractivity (Wildman–Crippen MR) is 80.2 cm³/mol. The number of nitrogens with two attached hydrogens (primary N) is 1. The minimum absolute atomic E-state index is 0.680. The molecule has 3 heteroatoms. The maximum Gasteiger partial charge on any atom is 0.0347 e. The van der Waals surface area contributed by atoms with E-state index in [0.717, 1.165) is 24.7 Å². The molecule has 0 saturated carbocycles. The molecule has 104 valence electrons. The van der Waals surface area contributed by atoms with Gasteiger partial charge in [-0.1, -0.05) is 18.2 Å². The number of anilines is 1. The first-order valence-corrected chi connectivity index (χ1v) is 7.55. The first kappa shape index (κ1) is 12.9. The SMILES string of the molecule is CC1CN2CCCC2CN1CCc1ccccc1N. The largest absolute Gasteiger partial charge is 0.399 e. The minimum atomic E-state index is 0.680. The van der Waals surface area contributed by atoms with Crippen LogP contribution in [0.3, 0.4) is 0 Å². The fourth-order valence-electron chi connectivity index (χ4n) is 3.59. The Morgan fingerprint density at radius 2 is 2.11 bits per heavy atom. The van der Waals surface area contributed by atoms with E-state index in [0.29, 0.717) is 6.04 Å². The third-order valence-corrected chi connectivity index (χ3v) is 4.79. The second-order valence-electron chi connectivity index (χ2n) is 6.08. The van der Waals surface area contributed by atoms with Crippen molar-refractivity contribution in [3.05, 3.63) is 29.8 Å². The van der Waals surface area contributed by atoms with Crippen molar-refractivity contribution in [2.24, 2.45) is 0 Å². The minimum Gasteiger partial charge on any atom is -0.399 e. The van der Waals surface area contributed by atoms with E-state index in [2.05, 4.69) is 28.9 Å². The Labute approximate surface area is 116 Å². The summed E-state index contributed by atoms with van der Waals surface area (Å²) in [5, 5.41) is 0. The van der Waals surface area contributed by atoms with Crippen LogP contribution in [0.15, 0.2) is 24.3 Å². The van der Waals surface area contributed by atoms with Gasteiger partial charge < -0.3 is 5.73 Å². The standard InChI is InChI=1S/C16H25N3/c1-13-11-19-9-4-6-15(19)12-18(13)10-8-14-5-2-3-7-16(14)17/h2-3,5,7,13,15H,4,6,8-12,17H2,1H3. The fraction of sp³-hybridized carbons (Fsp3) is 0.625. The monoisotopic (exact) mass is 259 g/mol. The Bertz CT molecular complexity index is 432. The van der Waals surface area contributed by atoms with E-state index in [1.54, 1.807) is 0 Å². The normalized spacial score (nSPS) is 28.5. The Hall–Kier alpha value is -1.06. The van der Waals surface area contributed by atoms with E-state index in [9.17, 15) is 0 Å². The lowest BCUT2D eigenvalue weighted by molar-refractivity contribution is 0.0605. The molecule has 1 aromatic carbocycles. The van der Waals surface area contributed by atoms with Gasteiger partial charge in [0, 0.05) is 37.4 Å². The van der Waals surface area contributed by atoms with E-state index in [1.807, 2.05) is 12.1 Å². The number of nitrogens with zero attached hydrogens (tertiary/aromatic N) is 2. The second kappa shape index (κ2) is 5.51. The van der Waals surface area contributed by atoms with Crippen LogP contribution < -0.4 is 5.73 Å². The van der Waals surface area contributed by atoms with Crippen molar-refractivity contribution in [1.82, 2.24) is 9.80 Å². The van der Waals surface area contributed by atoms with Crippen molar-refractivity contribution in [3.63, 3.8) is 0 Å². The van der Waals surface area contributed by atoms with Gasteiger partial charge in [0.2, 0.25) is 0 Å². The summed E-state index contributed by atoms with van der Waals surface area (Å²) in [6, 6.07) is 9.76. The molecule has 2 aliphatic heterocycles. The van der Waals surface area contributed by atoms with Crippen LogP contribution >= 0.6 is 0 Å². The molecular weight excluding hydrogens is 234 g/mol. The lowest BCUT2D eigenvalue weighted by atomic mass is 10.1. The van der Waals surface area contributed by atoms with Crippen LogP contribution in [0.2, 0.25) is 0 Å². The van der Waals surface area contributed by atoms with E-state index < -0.39 is 0 Å². The van der Waals surface area contributed by atoms with Crippen LogP contribution in [0.5, 0.6) is 0 Å². The highest BCUT2D eigenvalue weighted by molar-refractivity contribution is 5.46. The molecule has 0 radical (unpaired) electrons. The number of nitrogen functional groups attached to an aromatic ring is 1. The topological polar surface area (TPSA) is 32.5 Å². The highest BCUT2D eigenvalue weighted by Crippen LogP contribution is 2.24. The molecule has 2 unspecified atom stereocenters. The molecule has 2 aliphatic rings. The third-order valence-electron chi connectivity index (χ3n) is 4.79. The molecule has 0 amide bonds. The van der Waals surface area contributed by atoms with Gasteiger partial charge >= 0.3 is 0 Å². The summed E-state index contributed by atoms with van der Waals surface area (Å²) in [5.41, 5.74) is 8.26. The molecule has 0 aliphatic carbocycles. The fourth-order valence-corrected chi connectivity index (χ4v) is 3.59. The van der Waals surface area contributed by atoms with Crippen molar-refractivity contribution < 1.29 is 0 Å². The quantitative estimate of drug-likeness (QED) is 0.843. The molecule has 3 nitrogen and oxygen atoms in total. The van der Waals surface area contributed by atoms with Crippen LogP contribution in [0.25, 0.3) is 0 Å². The summed E-state index contributed by atoms with van der Waals surface area (Å²) in [7, 11) is 0. The number of rotatable bonds is 3. The number of para-hydroxylation sites is 1. The Kier molecular flexibility index (Phi) is 3.76. The van der Waals surface area contributed by atoms with Gasteiger partial charge in [0.1, 0.15) is 0 Å². The van der Waals surface area contributed by atoms with Crippen molar-refractivity contribution >= 4 is 5.69 Å². The lowest BCUT2D eigenvalue weighted by Crippen LogP contribution is -2.55. The van der Waals surface area contributed by atoms with Crippen molar-refractivity contribution in [3.8, 4) is 0 Å². The van der Waals surface area contributed by atoms with E-state index in [4.69, 9.17) is 5.73 Å². The van der Waals surface area contributed by atoms with Gasteiger partial charge in [0.25, 0.3) is 0 Å². The number of benzene rings is 1. The number of hydrogen-bond donors (Lipinski definition) is 1. The summed E-state index contributed by atoms with van der Waals surface area (Å²) < 4.78 is 0. The molecule has 19 heavy (non-hydrogen) atoms. The number of fused-ring (bicyclic) bond motifs is 1. The summed E-state index contributed by atoms with van der Waals surface area (Å²) >= 11 is 0. The van der Waals surface area contributed by atoms with Gasteiger partial charge in [-0.25, -0.2) is 0 Å². The van der Waals surface area contributed by atoms with Crippen molar-refractivity contribution in [2.45, 2.75) is 38.3 Å². The summed E-state index contributed by atoms with van der Waals surface area (Å²) in [5.74, 6) is 0. The smallest absolute Gasteiger partial charge is 0.0347 e. The van der Waals surface area contributed by atoms with E-state index in [-0.39, 0.29) is 0 Å². The second-order valence-corrected chi connectivity index (χ2v) is 6.08. The molecular formula is C16H25N3. The zero-order valence-electron chi connectivity index (χ0n) is 11.9. The molecule has 2 saturated heterocycles. The zero-order valence-corrected chi connectivity index (χ0v) is 11.9. The first-order chi connectivity index (χ1) is 9.24. The predicted octanol–water partition coefficient (Wildman–Crippen LogP) is 1.98. The van der Waals surface area contributed by atoms with Crippen LogP contribution in [0, 0.1) is 0 Å². The molecule has 2 N–H and O–H groups in total. The molecule has 1 aromatic rings. The average Bonchev–Trinajstić information content (AvgIpc) is 2.84. The van der Waals surface area contributed by atoms with Crippen molar-refractivity contribution in [2.75, 3.05) is 31.9 Å². The first-order valence-electron chi connectivity index (χ1n) is 7.55. The van der Waals surface area contributed by atoms with Gasteiger partial charge in [0.15, 0.2) is 0 Å². The van der Waals surface area contributed by atoms with E-state index >= 15 is 0 Å². The number of piperazine rings is 1. The summed E-state index contributed by atoms with van der Waals surface area (Å²) in [4.78, 5) is 5.33. The average molecular weight is 259 g/mol. The maximum atomic E-state index is 6.03. The molecule has 0 bridgehead atoms. The van der Waals surface area contributed by atoms with Crippen LogP contribution in [-0.2, 0) is 6.42 Å². The summed E-state index contributed by atoms with van der Waals surface area (Å²) in [6.45, 7) is 7.31.